The summed E-state index contributed by atoms with van der Waals surface area (Å²) in [6.45, 7) is 3.13. The number of phenolic OH excluding ortho intramolecular Hbond substituents is 1. The SMILES string of the molecule is CCCCC1CCC(c2ccc(O)cc2)OC1. The fourth-order valence-electron chi connectivity index (χ4n) is 2.48. The van der Waals surface area contributed by atoms with Crippen molar-refractivity contribution < 1.29 is 9.84 Å². The first kappa shape index (κ1) is 12.4. The van der Waals surface area contributed by atoms with Crippen LogP contribution in [-0.4, -0.2) is 11.7 Å². The highest BCUT2D eigenvalue weighted by atomic mass is 16.5. The van der Waals surface area contributed by atoms with Crippen molar-refractivity contribution in [1.82, 2.24) is 0 Å². The first-order valence-corrected chi connectivity index (χ1v) is 6.70. The summed E-state index contributed by atoms with van der Waals surface area (Å²) in [7, 11) is 0. The molecule has 1 heterocycles. The molecule has 2 nitrogen and oxygen atoms in total. The van der Waals surface area contributed by atoms with Gasteiger partial charge in [0.05, 0.1) is 12.7 Å². The monoisotopic (exact) mass is 234 g/mol. The molecule has 94 valence electrons. The van der Waals surface area contributed by atoms with E-state index in [2.05, 4.69) is 6.92 Å². The summed E-state index contributed by atoms with van der Waals surface area (Å²) in [6.07, 6.45) is 6.51. The molecular formula is C15H22O2. The molecule has 0 spiro atoms. The molecule has 2 heteroatoms. The number of hydrogen-bond donors (Lipinski definition) is 1. The van der Waals surface area contributed by atoms with E-state index >= 15 is 0 Å². The Balaban J connectivity index is 1.84. The summed E-state index contributed by atoms with van der Waals surface area (Å²) in [4.78, 5) is 0. The Hall–Kier alpha value is -1.02. The molecule has 0 aromatic heterocycles. The van der Waals surface area contributed by atoms with Gasteiger partial charge in [0, 0.05) is 0 Å². The van der Waals surface area contributed by atoms with Crippen molar-refractivity contribution in [3.8, 4) is 5.75 Å². The van der Waals surface area contributed by atoms with Gasteiger partial charge in [-0.2, -0.15) is 0 Å². The molecule has 17 heavy (non-hydrogen) atoms. The second-order valence-corrected chi connectivity index (χ2v) is 5.00. The van der Waals surface area contributed by atoms with E-state index in [-0.39, 0.29) is 6.10 Å². The van der Waals surface area contributed by atoms with Gasteiger partial charge < -0.3 is 9.84 Å². The van der Waals surface area contributed by atoms with Gasteiger partial charge in [0.2, 0.25) is 0 Å². The number of benzene rings is 1. The molecule has 2 atom stereocenters. The van der Waals surface area contributed by atoms with Gasteiger partial charge in [-0.05, 0) is 42.9 Å². The molecule has 0 radical (unpaired) electrons. The minimum atomic E-state index is 0.230. The fraction of sp³-hybridized carbons (Fsp3) is 0.600. The number of unbranched alkanes of at least 4 members (excludes halogenated alkanes) is 1. The van der Waals surface area contributed by atoms with Crippen LogP contribution in [0.1, 0.15) is 50.7 Å². The van der Waals surface area contributed by atoms with Crippen LogP contribution in [0.2, 0.25) is 0 Å². The summed E-state index contributed by atoms with van der Waals surface area (Å²) < 4.78 is 5.93. The molecule has 1 saturated heterocycles. The van der Waals surface area contributed by atoms with Crippen molar-refractivity contribution in [3.05, 3.63) is 29.8 Å². The Morgan fingerprint density at radius 3 is 2.59 bits per heavy atom. The maximum atomic E-state index is 9.25. The minimum Gasteiger partial charge on any atom is -0.508 e. The predicted molar refractivity (Wildman–Crippen MR) is 69.0 cm³/mol. The topological polar surface area (TPSA) is 29.5 Å². The van der Waals surface area contributed by atoms with Crippen LogP contribution in [0.15, 0.2) is 24.3 Å². The van der Waals surface area contributed by atoms with Gasteiger partial charge >= 0.3 is 0 Å². The summed E-state index contributed by atoms with van der Waals surface area (Å²) in [5.74, 6) is 1.08. The average Bonchev–Trinajstić information content (AvgIpc) is 2.38. The van der Waals surface area contributed by atoms with Gasteiger partial charge in [-0.15, -0.1) is 0 Å². The maximum Gasteiger partial charge on any atom is 0.115 e. The minimum absolute atomic E-state index is 0.230. The lowest BCUT2D eigenvalue weighted by Gasteiger charge is -2.29. The highest BCUT2D eigenvalue weighted by molar-refractivity contribution is 5.27. The van der Waals surface area contributed by atoms with Gasteiger partial charge in [0.25, 0.3) is 0 Å². The van der Waals surface area contributed by atoms with Crippen molar-refractivity contribution in [2.45, 2.75) is 45.1 Å². The Morgan fingerprint density at radius 1 is 1.24 bits per heavy atom. The Bertz CT molecular complexity index is 323. The third-order valence-electron chi connectivity index (χ3n) is 3.60. The molecule has 1 aliphatic heterocycles. The molecular weight excluding hydrogens is 212 g/mol. The maximum absolute atomic E-state index is 9.25. The summed E-state index contributed by atoms with van der Waals surface area (Å²) >= 11 is 0. The largest absolute Gasteiger partial charge is 0.508 e. The van der Waals surface area contributed by atoms with Gasteiger partial charge in [-0.25, -0.2) is 0 Å². The molecule has 2 rings (SSSR count). The highest BCUT2D eigenvalue weighted by Crippen LogP contribution is 2.32. The average molecular weight is 234 g/mol. The fourth-order valence-corrected chi connectivity index (χ4v) is 2.48. The van der Waals surface area contributed by atoms with E-state index in [9.17, 15) is 5.11 Å². The quantitative estimate of drug-likeness (QED) is 0.851. The molecule has 1 N–H and O–H groups in total. The molecule has 0 amide bonds. The van der Waals surface area contributed by atoms with E-state index in [4.69, 9.17) is 4.74 Å². The lowest BCUT2D eigenvalue weighted by atomic mass is 9.91. The second-order valence-electron chi connectivity index (χ2n) is 5.00. The van der Waals surface area contributed by atoms with E-state index in [1.165, 1.54) is 31.2 Å². The zero-order valence-corrected chi connectivity index (χ0v) is 10.6. The lowest BCUT2D eigenvalue weighted by Crippen LogP contribution is -2.20. The molecule has 2 unspecified atom stereocenters. The molecule has 1 aromatic carbocycles. The van der Waals surface area contributed by atoms with Crippen molar-refractivity contribution in [3.63, 3.8) is 0 Å². The van der Waals surface area contributed by atoms with Crippen molar-refractivity contribution in [1.29, 1.82) is 0 Å². The van der Waals surface area contributed by atoms with E-state index in [1.54, 1.807) is 12.1 Å². The summed E-state index contributed by atoms with van der Waals surface area (Å²) in [5.41, 5.74) is 1.19. The van der Waals surface area contributed by atoms with Gasteiger partial charge in [0.1, 0.15) is 5.75 Å². The zero-order chi connectivity index (χ0) is 12.1. The van der Waals surface area contributed by atoms with Crippen LogP contribution in [0, 0.1) is 5.92 Å². The molecule has 1 aliphatic rings. The van der Waals surface area contributed by atoms with Crippen LogP contribution in [0.25, 0.3) is 0 Å². The molecule has 0 bridgehead atoms. The Morgan fingerprint density at radius 2 is 2.00 bits per heavy atom. The van der Waals surface area contributed by atoms with Crippen LogP contribution in [0.4, 0.5) is 0 Å². The number of aromatic hydroxyl groups is 1. The van der Waals surface area contributed by atoms with Gasteiger partial charge in [0.15, 0.2) is 0 Å². The first-order chi connectivity index (χ1) is 8.29. The van der Waals surface area contributed by atoms with Crippen LogP contribution in [0.3, 0.4) is 0 Å². The van der Waals surface area contributed by atoms with Crippen LogP contribution in [0.5, 0.6) is 5.75 Å². The second kappa shape index (κ2) is 6.06. The zero-order valence-electron chi connectivity index (χ0n) is 10.6. The van der Waals surface area contributed by atoms with Crippen molar-refractivity contribution in [2.24, 2.45) is 5.92 Å². The predicted octanol–water partition coefficient (Wildman–Crippen LogP) is 4.05. The van der Waals surface area contributed by atoms with Crippen molar-refractivity contribution in [2.75, 3.05) is 6.61 Å². The van der Waals surface area contributed by atoms with Crippen LogP contribution >= 0.6 is 0 Å². The van der Waals surface area contributed by atoms with Gasteiger partial charge in [-0.3, -0.25) is 0 Å². The lowest BCUT2D eigenvalue weighted by molar-refractivity contribution is -0.0198. The first-order valence-electron chi connectivity index (χ1n) is 6.70. The molecule has 1 aromatic rings. The smallest absolute Gasteiger partial charge is 0.115 e. The van der Waals surface area contributed by atoms with E-state index in [0.717, 1.165) is 18.9 Å². The third-order valence-corrected chi connectivity index (χ3v) is 3.60. The van der Waals surface area contributed by atoms with Gasteiger partial charge in [-0.1, -0.05) is 31.9 Å². The number of phenols is 1. The number of hydrogen-bond acceptors (Lipinski definition) is 2. The number of ether oxygens (including phenoxy) is 1. The molecule has 0 saturated carbocycles. The van der Waals surface area contributed by atoms with Crippen LogP contribution < -0.4 is 0 Å². The Kier molecular flexibility index (Phi) is 4.43. The third kappa shape index (κ3) is 3.47. The summed E-state index contributed by atoms with van der Waals surface area (Å²) in [6, 6.07) is 7.41. The van der Waals surface area contributed by atoms with E-state index in [0.29, 0.717) is 5.75 Å². The van der Waals surface area contributed by atoms with Crippen molar-refractivity contribution >= 4 is 0 Å². The standard InChI is InChI=1S/C15H22O2/c1-2-3-4-12-5-10-15(17-11-12)13-6-8-14(16)9-7-13/h6-9,12,15-16H,2-5,10-11H2,1H3. The summed E-state index contributed by atoms with van der Waals surface area (Å²) in [5, 5.41) is 9.25. The van der Waals surface area contributed by atoms with E-state index < -0.39 is 0 Å². The Labute approximate surface area is 104 Å². The highest BCUT2D eigenvalue weighted by Gasteiger charge is 2.22. The van der Waals surface area contributed by atoms with E-state index in [1.807, 2.05) is 12.1 Å². The molecule has 0 aliphatic carbocycles. The number of rotatable bonds is 4. The molecule has 1 fully saturated rings. The normalized spacial score (nSPS) is 24.8. The van der Waals surface area contributed by atoms with Crippen LogP contribution in [-0.2, 0) is 4.74 Å².